The number of ether oxygens (including phenoxy) is 3. The molecule has 5 aromatic rings. The highest BCUT2D eigenvalue weighted by molar-refractivity contribution is 6.06. The van der Waals surface area contributed by atoms with Gasteiger partial charge in [-0.05, 0) is 42.8 Å². The van der Waals surface area contributed by atoms with Crippen LogP contribution in [0.1, 0.15) is 31.3 Å². The van der Waals surface area contributed by atoms with Gasteiger partial charge in [-0.25, -0.2) is 33.5 Å². The SMILES string of the molecule is C[C@@H]1N(c2cc(-c3ccnc(C#N)c3)cnc2O[C@H]2C[C@@H](C(=O)O)N(c3nc(C(F)F)nc4c3oc3ccccc34)C2)CCOC12COC2. The Kier molecular flexibility index (Phi) is 7.49. The number of halogens is 2. The summed E-state index contributed by atoms with van der Waals surface area (Å²) in [6, 6.07) is 13.0. The molecule has 0 saturated carbocycles. The Bertz CT molecular complexity index is 2130. The fourth-order valence-corrected chi connectivity index (χ4v) is 6.86. The number of carbonyl (C=O) groups is 1. The van der Waals surface area contributed by atoms with Crippen molar-refractivity contribution in [2.24, 2.45) is 0 Å². The van der Waals surface area contributed by atoms with Gasteiger partial charge in [0.05, 0.1) is 32.4 Å². The van der Waals surface area contributed by atoms with E-state index in [0.717, 1.165) is 11.1 Å². The predicted molar refractivity (Wildman–Crippen MR) is 171 cm³/mol. The first-order valence-corrected chi connectivity index (χ1v) is 15.7. The summed E-state index contributed by atoms with van der Waals surface area (Å²) in [7, 11) is 0. The van der Waals surface area contributed by atoms with Crippen LogP contribution < -0.4 is 14.5 Å². The number of anilines is 2. The van der Waals surface area contributed by atoms with Gasteiger partial charge in [0.15, 0.2) is 17.2 Å². The summed E-state index contributed by atoms with van der Waals surface area (Å²) in [4.78, 5) is 33.2. The predicted octanol–water partition coefficient (Wildman–Crippen LogP) is 4.75. The van der Waals surface area contributed by atoms with E-state index in [1.54, 1.807) is 48.8 Å². The molecule has 0 amide bonds. The topological polar surface area (TPSA) is 160 Å². The molecule has 0 aliphatic carbocycles. The van der Waals surface area contributed by atoms with E-state index in [1.165, 1.54) is 4.90 Å². The lowest BCUT2D eigenvalue weighted by atomic mass is 9.90. The molecule has 0 radical (unpaired) electrons. The molecule has 1 spiro atoms. The molecule has 0 unspecified atom stereocenters. The number of pyridine rings is 2. The molecule has 8 rings (SSSR count). The van der Waals surface area contributed by atoms with Gasteiger partial charge in [0.2, 0.25) is 5.88 Å². The van der Waals surface area contributed by atoms with Gasteiger partial charge in [-0.15, -0.1) is 0 Å². The zero-order valence-electron chi connectivity index (χ0n) is 26.1. The second-order valence-electron chi connectivity index (χ2n) is 12.3. The van der Waals surface area contributed by atoms with E-state index in [1.807, 2.05) is 13.0 Å². The van der Waals surface area contributed by atoms with Crippen LogP contribution in [0.25, 0.3) is 33.2 Å². The number of hydrogen-bond donors (Lipinski definition) is 1. The highest BCUT2D eigenvalue weighted by atomic mass is 19.3. The van der Waals surface area contributed by atoms with Crippen LogP contribution in [0, 0.1) is 11.3 Å². The van der Waals surface area contributed by atoms with Gasteiger partial charge in [0.25, 0.3) is 6.43 Å². The Morgan fingerprint density at radius 1 is 1.14 bits per heavy atom. The number of nitrogens with zero attached hydrogens (tertiary/aromatic N) is 7. The molecule has 3 aliphatic rings. The zero-order valence-corrected chi connectivity index (χ0v) is 26.1. The minimum absolute atomic E-state index is 0.00198. The van der Waals surface area contributed by atoms with Gasteiger partial charge in [-0.2, -0.15) is 5.26 Å². The second kappa shape index (κ2) is 11.9. The van der Waals surface area contributed by atoms with Crippen molar-refractivity contribution < 1.29 is 37.3 Å². The molecule has 3 fully saturated rings. The summed E-state index contributed by atoms with van der Waals surface area (Å²) in [5.74, 6) is -1.68. The largest absolute Gasteiger partial charge is 0.480 e. The van der Waals surface area contributed by atoms with Crippen molar-refractivity contribution in [1.82, 2.24) is 19.9 Å². The van der Waals surface area contributed by atoms with Gasteiger partial charge in [-0.3, -0.25) is 0 Å². The summed E-state index contributed by atoms with van der Waals surface area (Å²) in [5.41, 5.74) is 2.58. The van der Waals surface area contributed by atoms with Gasteiger partial charge >= 0.3 is 5.97 Å². The number of furan rings is 1. The van der Waals surface area contributed by atoms with Crippen LogP contribution in [0.5, 0.6) is 5.88 Å². The number of para-hydroxylation sites is 1. The number of carboxylic acid groups (broad SMARTS) is 1. The first-order valence-electron chi connectivity index (χ1n) is 15.7. The van der Waals surface area contributed by atoms with E-state index < -0.39 is 36.0 Å². The molecule has 7 heterocycles. The van der Waals surface area contributed by atoms with Crippen LogP contribution in [-0.2, 0) is 14.3 Å². The van der Waals surface area contributed by atoms with Crippen molar-refractivity contribution in [3.8, 4) is 23.1 Å². The third-order valence-electron chi connectivity index (χ3n) is 9.51. The quantitative estimate of drug-likeness (QED) is 0.253. The molecular formula is C34H29F2N7O6. The summed E-state index contributed by atoms with van der Waals surface area (Å²) >= 11 is 0. The van der Waals surface area contributed by atoms with Crippen molar-refractivity contribution >= 4 is 39.5 Å². The summed E-state index contributed by atoms with van der Waals surface area (Å²) in [6.07, 6.45) is -0.516. The highest BCUT2D eigenvalue weighted by Gasteiger charge is 2.50. The molecule has 1 aromatic carbocycles. The van der Waals surface area contributed by atoms with Crippen LogP contribution in [0.2, 0.25) is 0 Å². The molecule has 49 heavy (non-hydrogen) atoms. The number of rotatable bonds is 7. The number of aromatic nitrogens is 4. The minimum atomic E-state index is -3.00. The Labute approximate surface area is 277 Å². The molecule has 1 N–H and O–H groups in total. The van der Waals surface area contributed by atoms with Crippen LogP contribution in [-0.4, -0.2) is 87.7 Å². The smallest absolute Gasteiger partial charge is 0.326 e. The van der Waals surface area contributed by atoms with Crippen molar-refractivity contribution in [1.29, 1.82) is 5.26 Å². The summed E-state index contributed by atoms with van der Waals surface area (Å²) in [6.45, 7) is 3.90. The monoisotopic (exact) mass is 669 g/mol. The van der Waals surface area contributed by atoms with Crippen LogP contribution in [0.4, 0.5) is 20.3 Å². The number of aliphatic carboxylic acids is 1. The van der Waals surface area contributed by atoms with E-state index in [2.05, 4.69) is 25.9 Å². The number of hydrogen-bond acceptors (Lipinski definition) is 12. The lowest BCUT2D eigenvalue weighted by molar-refractivity contribution is -0.228. The van der Waals surface area contributed by atoms with Crippen LogP contribution >= 0.6 is 0 Å². The average Bonchev–Trinajstić information content (AvgIpc) is 3.69. The molecule has 4 aromatic heterocycles. The normalized spacial score (nSPS) is 21.7. The van der Waals surface area contributed by atoms with E-state index in [0.29, 0.717) is 43.0 Å². The maximum atomic E-state index is 14.1. The Balaban J connectivity index is 1.18. The van der Waals surface area contributed by atoms with E-state index >= 15 is 0 Å². The lowest BCUT2D eigenvalue weighted by Gasteiger charge is -2.53. The number of alkyl halides is 2. The molecular weight excluding hydrogens is 640 g/mol. The maximum absolute atomic E-state index is 14.1. The summed E-state index contributed by atoms with van der Waals surface area (Å²) < 4.78 is 52.3. The molecule has 3 saturated heterocycles. The number of morpholine rings is 1. The van der Waals surface area contributed by atoms with Gasteiger partial charge < -0.3 is 33.5 Å². The van der Waals surface area contributed by atoms with Gasteiger partial charge in [0, 0.05) is 36.3 Å². The van der Waals surface area contributed by atoms with Crippen molar-refractivity contribution in [2.45, 2.75) is 43.6 Å². The molecule has 3 atom stereocenters. The van der Waals surface area contributed by atoms with Gasteiger partial charge in [-0.1, -0.05) is 12.1 Å². The first-order chi connectivity index (χ1) is 23.7. The van der Waals surface area contributed by atoms with Crippen molar-refractivity contribution in [2.75, 3.05) is 42.7 Å². The fraction of sp³-hybridized carbons (Fsp3) is 0.353. The number of carboxylic acids is 1. The lowest BCUT2D eigenvalue weighted by Crippen LogP contribution is -2.68. The molecule has 250 valence electrons. The van der Waals surface area contributed by atoms with E-state index in [4.69, 9.17) is 23.6 Å². The number of nitriles is 1. The fourth-order valence-electron chi connectivity index (χ4n) is 6.86. The third kappa shape index (κ3) is 5.24. The Morgan fingerprint density at radius 3 is 2.73 bits per heavy atom. The number of fused-ring (bicyclic) bond motifs is 3. The second-order valence-corrected chi connectivity index (χ2v) is 12.3. The third-order valence-corrected chi connectivity index (χ3v) is 9.51. The standard InChI is InChI=1S/C34H29F2N7O6/c1-18-34(16-46-17-34)47-9-8-42(18)24-11-20(19-6-7-38-21(10-19)13-37)14-39-32(24)48-22-12-25(33(44)45)43(15-22)31-28-27(40-30(41-31)29(35)36)23-4-2-3-5-26(23)49-28/h2-7,10-11,14,18,22,25,29H,8-9,12,15-17H2,1H3,(H,44,45)/t18-,22-,25-/m0/s1. The average molecular weight is 670 g/mol. The first kappa shape index (κ1) is 30.8. The van der Waals surface area contributed by atoms with Crippen molar-refractivity contribution in [3.63, 3.8) is 0 Å². The minimum Gasteiger partial charge on any atom is -0.480 e. The molecule has 13 nitrogen and oxygen atoms in total. The summed E-state index contributed by atoms with van der Waals surface area (Å²) in [5, 5.41) is 20.2. The van der Waals surface area contributed by atoms with Crippen LogP contribution in [0.3, 0.4) is 0 Å². The Hall–Kier alpha value is -5.46. The molecule has 15 heteroatoms. The van der Waals surface area contributed by atoms with Crippen LogP contribution in [0.15, 0.2) is 59.3 Å². The molecule has 3 aliphatic heterocycles. The molecule has 0 bridgehead atoms. The van der Waals surface area contributed by atoms with E-state index in [-0.39, 0.29) is 47.5 Å². The van der Waals surface area contributed by atoms with Gasteiger partial charge in [0.1, 0.15) is 46.3 Å². The highest BCUT2D eigenvalue weighted by Crippen LogP contribution is 2.42. The number of benzene rings is 1. The Morgan fingerprint density at radius 2 is 1.98 bits per heavy atom. The zero-order chi connectivity index (χ0) is 33.9. The van der Waals surface area contributed by atoms with Crippen molar-refractivity contribution in [3.05, 3.63) is 66.4 Å². The maximum Gasteiger partial charge on any atom is 0.326 e. The van der Waals surface area contributed by atoms with E-state index in [9.17, 15) is 23.9 Å².